The minimum absolute atomic E-state index is 0.108. The molecule has 4 rings (SSSR count). The Hall–Kier alpha value is -2.63. The van der Waals surface area contributed by atoms with Gasteiger partial charge < -0.3 is 5.32 Å². The fourth-order valence-electron chi connectivity index (χ4n) is 2.99. The highest BCUT2D eigenvalue weighted by Crippen LogP contribution is 2.28. The van der Waals surface area contributed by atoms with Crippen molar-refractivity contribution < 1.29 is 9.18 Å². The van der Waals surface area contributed by atoms with Crippen LogP contribution in [0.4, 0.5) is 4.39 Å². The van der Waals surface area contributed by atoms with E-state index in [2.05, 4.69) is 20.6 Å². The lowest BCUT2D eigenvalue weighted by molar-refractivity contribution is -0.119. The van der Waals surface area contributed by atoms with Crippen molar-refractivity contribution in [3.63, 3.8) is 0 Å². The maximum absolute atomic E-state index is 13.3. The number of hydrogen-bond acceptors (Lipinski definition) is 8. The number of thioether (sulfide) groups is 1. The Morgan fingerprint density at radius 2 is 1.97 bits per heavy atom. The molecular formula is C21H20FN5O2S3. The number of rotatable bonds is 6. The molecule has 0 unspecified atom stereocenters. The van der Waals surface area contributed by atoms with Crippen molar-refractivity contribution in [3.05, 3.63) is 74.1 Å². The first-order valence-corrected chi connectivity index (χ1v) is 12.4. The van der Waals surface area contributed by atoms with Crippen molar-refractivity contribution >= 4 is 45.3 Å². The fourth-order valence-corrected chi connectivity index (χ4v) is 5.47. The van der Waals surface area contributed by atoms with E-state index < -0.39 is 5.41 Å². The summed E-state index contributed by atoms with van der Waals surface area (Å²) in [6.45, 7) is 5.67. The van der Waals surface area contributed by atoms with Crippen LogP contribution >= 0.6 is 34.4 Å². The predicted molar refractivity (Wildman–Crippen MR) is 125 cm³/mol. The number of fused-ring (bicyclic) bond motifs is 1. The molecule has 0 aliphatic heterocycles. The lowest BCUT2D eigenvalue weighted by Crippen LogP contribution is -2.30. The molecule has 0 aliphatic carbocycles. The molecule has 1 N–H and O–H groups in total. The van der Waals surface area contributed by atoms with Crippen LogP contribution in [0.1, 0.15) is 42.9 Å². The molecule has 166 valence electrons. The average molecular weight is 490 g/mol. The van der Waals surface area contributed by atoms with E-state index in [1.807, 2.05) is 38.3 Å². The summed E-state index contributed by atoms with van der Waals surface area (Å²) in [5, 5.41) is 17.4. The third-order valence-corrected chi connectivity index (χ3v) is 7.51. The second-order valence-corrected chi connectivity index (χ2v) is 11.2. The highest BCUT2D eigenvalue weighted by atomic mass is 32.2. The van der Waals surface area contributed by atoms with Crippen molar-refractivity contribution in [2.24, 2.45) is 0 Å². The second-order valence-electron chi connectivity index (χ2n) is 8.02. The Bertz CT molecular complexity index is 1290. The number of nitrogens with one attached hydrogen (secondary N) is 1. The summed E-state index contributed by atoms with van der Waals surface area (Å²) in [5.41, 5.74) is 0.389. The van der Waals surface area contributed by atoms with E-state index in [9.17, 15) is 14.0 Å². The first kappa shape index (κ1) is 22.6. The smallest absolute Gasteiger partial charge is 0.297 e. The van der Waals surface area contributed by atoms with Crippen molar-refractivity contribution in [3.8, 4) is 0 Å². The molecule has 0 spiro atoms. The molecule has 0 saturated heterocycles. The first-order valence-electron chi connectivity index (χ1n) is 9.70. The zero-order valence-electron chi connectivity index (χ0n) is 17.5. The average Bonchev–Trinajstić information content (AvgIpc) is 3.41. The van der Waals surface area contributed by atoms with E-state index in [0.29, 0.717) is 15.0 Å². The van der Waals surface area contributed by atoms with E-state index in [1.165, 1.54) is 51.1 Å². The quantitative estimate of drug-likeness (QED) is 0.411. The van der Waals surface area contributed by atoms with Crippen molar-refractivity contribution in [2.45, 2.75) is 36.6 Å². The first-order chi connectivity index (χ1) is 15.2. The Kier molecular flexibility index (Phi) is 6.40. The van der Waals surface area contributed by atoms with Crippen LogP contribution in [-0.2, 0) is 10.2 Å². The Labute approximate surface area is 195 Å². The van der Waals surface area contributed by atoms with Crippen molar-refractivity contribution in [1.82, 2.24) is 25.1 Å². The minimum Gasteiger partial charge on any atom is -0.344 e. The lowest BCUT2D eigenvalue weighted by atomic mass is 9.93. The maximum Gasteiger partial charge on any atom is 0.297 e. The number of halogens is 1. The molecular weight excluding hydrogens is 469 g/mol. The van der Waals surface area contributed by atoms with Crippen molar-refractivity contribution in [1.29, 1.82) is 0 Å². The number of thiophene rings is 1. The molecule has 7 nitrogen and oxygen atoms in total. The van der Waals surface area contributed by atoms with E-state index in [1.54, 1.807) is 12.1 Å². The fraction of sp³-hybridized carbons (Fsp3) is 0.286. The number of carbonyl (C=O) groups is 1. The van der Waals surface area contributed by atoms with Gasteiger partial charge in [-0.2, -0.15) is 4.52 Å². The Balaban J connectivity index is 1.49. The van der Waals surface area contributed by atoms with Crippen LogP contribution in [0.25, 0.3) is 4.96 Å². The molecule has 32 heavy (non-hydrogen) atoms. The second kappa shape index (κ2) is 9.08. The number of hydrogen-bond donors (Lipinski definition) is 1. The van der Waals surface area contributed by atoms with Crippen LogP contribution in [0.3, 0.4) is 0 Å². The van der Waals surface area contributed by atoms with E-state index in [4.69, 9.17) is 0 Å². The summed E-state index contributed by atoms with van der Waals surface area (Å²) in [7, 11) is 0. The Morgan fingerprint density at radius 3 is 2.62 bits per heavy atom. The van der Waals surface area contributed by atoms with Gasteiger partial charge in [-0.05, 0) is 29.1 Å². The van der Waals surface area contributed by atoms with Crippen LogP contribution in [0.2, 0.25) is 0 Å². The summed E-state index contributed by atoms with van der Waals surface area (Å²) in [4.78, 5) is 26.7. The van der Waals surface area contributed by atoms with Gasteiger partial charge in [0.2, 0.25) is 10.9 Å². The van der Waals surface area contributed by atoms with Gasteiger partial charge in [0.1, 0.15) is 11.5 Å². The number of amides is 1. The van der Waals surface area contributed by atoms with Gasteiger partial charge in [-0.3, -0.25) is 9.59 Å². The predicted octanol–water partition coefficient (Wildman–Crippen LogP) is 4.04. The SMILES string of the molecule is CC(C)(C)c1nnc2sc(SCC(=O)N[C@H](c3ccc(F)cc3)c3cccs3)nn2c1=O. The van der Waals surface area contributed by atoms with E-state index in [0.717, 1.165) is 10.4 Å². The topological polar surface area (TPSA) is 89.2 Å². The van der Waals surface area contributed by atoms with E-state index in [-0.39, 0.29) is 29.1 Å². The summed E-state index contributed by atoms with van der Waals surface area (Å²) in [6.07, 6.45) is 0. The zero-order valence-corrected chi connectivity index (χ0v) is 20.0. The summed E-state index contributed by atoms with van der Waals surface area (Å²) < 4.78 is 15.1. The van der Waals surface area contributed by atoms with Gasteiger partial charge in [-0.1, -0.05) is 62.1 Å². The van der Waals surface area contributed by atoms with Gasteiger partial charge in [0.25, 0.3) is 5.56 Å². The van der Waals surface area contributed by atoms with Gasteiger partial charge in [-0.15, -0.1) is 26.6 Å². The number of benzene rings is 1. The highest BCUT2D eigenvalue weighted by Gasteiger charge is 2.23. The van der Waals surface area contributed by atoms with Gasteiger partial charge in [0.05, 0.1) is 11.8 Å². The largest absolute Gasteiger partial charge is 0.344 e. The van der Waals surface area contributed by atoms with Gasteiger partial charge >= 0.3 is 0 Å². The van der Waals surface area contributed by atoms with Crippen LogP contribution in [0.15, 0.2) is 50.9 Å². The summed E-state index contributed by atoms with van der Waals surface area (Å²) in [6, 6.07) is 9.55. The number of aromatic nitrogens is 4. The van der Waals surface area contributed by atoms with Crippen LogP contribution in [0.5, 0.6) is 0 Å². The van der Waals surface area contributed by atoms with Crippen LogP contribution in [-0.4, -0.2) is 31.5 Å². The summed E-state index contributed by atoms with van der Waals surface area (Å²) in [5.74, 6) is -0.424. The summed E-state index contributed by atoms with van der Waals surface area (Å²) >= 11 is 3.95. The molecule has 0 aliphatic rings. The van der Waals surface area contributed by atoms with Gasteiger partial charge in [0, 0.05) is 10.3 Å². The van der Waals surface area contributed by atoms with E-state index >= 15 is 0 Å². The standard InChI is InChI=1S/C21H20FN5O2S3/c1-21(2,3)17-18(29)27-19(25-24-17)32-20(26-27)31-11-15(28)23-16(14-5-4-10-30-14)12-6-8-13(22)9-7-12/h4-10,16H,11H2,1-3H3,(H,23,28)/t16-/m1/s1. The monoisotopic (exact) mass is 489 g/mol. The normalized spacial score (nSPS) is 12.8. The maximum atomic E-state index is 13.3. The molecule has 0 fully saturated rings. The number of nitrogens with zero attached hydrogens (tertiary/aromatic N) is 4. The Morgan fingerprint density at radius 1 is 1.22 bits per heavy atom. The molecule has 0 bridgehead atoms. The molecule has 3 aromatic heterocycles. The van der Waals surface area contributed by atoms with Crippen LogP contribution < -0.4 is 10.9 Å². The van der Waals surface area contributed by atoms with Crippen molar-refractivity contribution in [2.75, 3.05) is 5.75 Å². The molecule has 1 aromatic carbocycles. The van der Waals surface area contributed by atoms with Gasteiger partial charge in [0.15, 0.2) is 4.34 Å². The molecule has 1 atom stereocenters. The third kappa shape index (κ3) is 4.89. The molecule has 0 saturated carbocycles. The third-order valence-electron chi connectivity index (χ3n) is 4.55. The molecule has 1 amide bonds. The molecule has 4 aromatic rings. The molecule has 11 heteroatoms. The number of carbonyl (C=O) groups excluding carboxylic acids is 1. The van der Waals surface area contributed by atoms with Crippen LogP contribution in [0, 0.1) is 5.82 Å². The minimum atomic E-state index is -0.445. The zero-order chi connectivity index (χ0) is 22.9. The highest BCUT2D eigenvalue weighted by molar-refractivity contribution is 8.01. The van der Waals surface area contributed by atoms with Gasteiger partial charge in [-0.25, -0.2) is 4.39 Å². The molecule has 0 radical (unpaired) electrons. The lowest BCUT2D eigenvalue weighted by Gasteiger charge is -2.18. The molecule has 3 heterocycles.